The third-order valence-corrected chi connectivity index (χ3v) is 4.42. The highest BCUT2D eigenvalue weighted by atomic mass is 15.1. The summed E-state index contributed by atoms with van der Waals surface area (Å²) in [7, 11) is 0. The van der Waals surface area contributed by atoms with Gasteiger partial charge in [-0.15, -0.1) is 0 Å². The zero-order valence-electron chi connectivity index (χ0n) is 14.9. The second-order valence-electron chi connectivity index (χ2n) is 8.00. The molecule has 0 amide bonds. The van der Waals surface area contributed by atoms with Crippen LogP contribution in [0.15, 0.2) is 36.5 Å². The Morgan fingerprint density at radius 3 is 2.33 bits per heavy atom. The summed E-state index contributed by atoms with van der Waals surface area (Å²) in [4.78, 5) is 8.66. The Bertz CT molecular complexity index is 693. The summed E-state index contributed by atoms with van der Waals surface area (Å²) in [5, 5.41) is 7.34. The smallest absolute Gasteiger partial charge is 0.221 e. The molecule has 0 spiro atoms. The first-order chi connectivity index (χ1) is 11.2. The third-order valence-electron chi connectivity index (χ3n) is 4.42. The van der Waals surface area contributed by atoms with Crippen molar-refractivity contribution >= 4 is 11.8 Å². The maximum absolute atomic E-state index is 5.84. The number of anilines is 2. The number of nitrogens with two attached hydrogens (primary N) is 1. The van der Waals surface area contributed by atoms with Crippen LogP contribution in [-0.2, 0) is 0 Å². The Balaban J connectivity index is 1.91. The molecule has 4 N–H and O–H groups in total. The van der Waals surface area contributed by atoms with Gasteiger partial charge < -0.3 is 16.4 Å². The van der Waals surface area contributed by atoms with E-state index in [9.17, 15) is 0 Å². The van der Waals surface area contributed by atoms with Gasteiger partial charge in [0, 0.05) is 28.9 Å². The van der Waals surface area contributed by atoms with Crippen LogP contribution in [-0.4, -0.2) is 27.1 Å². The van der Waals surface area contributed by atoms with Gasteiger partial charge in [-0.25, -0.2) is 4.98 Å². The topological polar surface area (TPSA) is 75.9 Å². The highest BCUT2D eigenvalue weighted by molar-refractivity contribution is 5.75. The standard InChI is InChI=1S/C19H27N5/c1-18(2)10-14(11-19(3,4)24-18)22-16-15(12-21-17(20)23-16)13-8-6-5-7-9-13/h5-9,12,14,24H,10-11H2,1-4H3,(H3,20,21,22,23). The summed E-state index contributed by atoms with van der Waals surface area (Å²) in [5.41, 5.74) is 8.07. The minimum Gasteiger partial charge on any atom is -0.368 e. The second-order valence-corrected chi connectivity index (χ2v) is 8.00. The van der Waals surface area contributed by atoms with Crippen LogP contribution in [0.4, 0.5) is 11.8 Å². The molecule has 1 fully saturated rings. The highest BCUT2D eigenvalue weighted by Gasteiger charge is 2.37. The van der Waals surface area contributed by atoms with E-state index in [1.165, 1.54) is 0 Å². The van der Waals surface area contributed by atoms with Gasteiger partial charge in [0.2, 0.25) is 5.95 Å². The Hall–Kier alpha value is -2.14. The van der Waals surface area contributed by atoms with Gasteiger partial charge in [-0.3, -0.25) is 0 Å². The van der Waals surface area contributed by atoms with Crippen LogP contribution < -0.4 is 16.4 Å². The molecule has 0 bridgehead atoms. The summed E-state index contributed by atoms with van der Waals surface area (Å²) in [6.07, 6.45) is 3.85. The van der Waals surface area contributed by atoms with Gasteiger partial charge in [-0.05, 0) is 46.1 Å². The Labute approximate surface area is 144 Å². The van der Waals surface area contributed by atoms with Crippen molar-refractivity contribution in [2.45, 2.75) is 57.7 Å². The van der Waals surface area contributed by atoms with Gasteiger partial charge >= 0.3 is 0 Å². The minimum absolute atomic E-state index is 0.0743. The molecule has 2 heterocycles. The van der Waals surface area contributed by atoms with Crippen molar-refractivity contribution in [1.82, 2.24) is 15.3 Å². The molecule has 1 saturated heterocycles. The quantitative estimate of drug-likeness (QED) is 0.806. The Kier molecular flexibility index (Phi) is 4.22. The molecule has 0 radical (unpaired) electrons. The lowest BCUT2D eigenvalue weighted by atomic mass is 9.79. The second kappa shape index (κ2) is 6.06. The number of nitrogens with zero attached hydrogens (tertiary/aromatic N) is 2. The molecule has 1 aromatic carbocycles. The largest absolute Gasteiger partial charge is 0.368 e. The van der Waals surface area contributed by atoms with E-state index in [-0.39, 0.29) is 11.1 Å². The number of benzene rings is 1. The number of aromatic nitrogens is 2. The van der Waals surface area contributed by atoms with Crippen LogP contribution >= 0.6 is 0 Å². The molecule has 0 unspecified atom stereocenters. The SMILES string of the molecule is CC1(C)CC(Nc2nc(N)ncc2-c2ccccc2)CC(C)(C)N1. The number of hydrogen-bond acceptors (Lipinski definition) is 5. The number of nitrogen functional groups attached to an aromatic ring is 1. The molecular weight excluding hydrogens is 298 g/mol. The molecule has 128 valence electrons. The molecule has 0 saturated carbocycles. The molecule has 24 heavy (non-hydrogen) atoms. The molecule has 1 aliphatic heterocycles. The zero-order chi connectivity index (χ0) is 17.4. The van der Waals surface area contributed by atoms with Crippen molar-refractivity contribution in [3.8, 4) is 11.1 Å². The van der Waals surface area contributed by atoms with E-state index in [1.54, 1.807) is 6.20 Å². The molecule has 0 aliphatic carbocycles. The average Bonchev–Trinajstić information content (AvgIpc) is 2.45. The molecule has 5 heteroatoms. The van der Waals surface area contributed by atoms with Crippen LogP contribution in [0.1, 0.15) is 40.5 Å². The van der Waals surface area contributed by atoms with Crippen molar-refractivity contribution in [3.05, 3.63) is 36.5 Å². The summed E-state index contributed by atoms with van der Waals surface area (Å²) >= 11 is 0. The molecule has 0 atom stereocenters. The predicted molar refractivity (Wildman–Crippen MR) is 99.8 cm³/mol. The van der Waals surface area contributed by atoms with Crippen LogP contribution in [0.2, 0.25) is 0 Å². The molecule has 1 aromatic heterocycles. The average molecular weight is 325 g/mol. The number of rotatable bonds is 3. The summed E-state index contributed by atoms with van der Waals surface area (Å²) in [5.74, 6) is 1.11. The zero-order valence-corrected chi connectivity index (χ0v) is 14.9. The van der Waals surface area contributed by atoms with E-state index in [0.717, 1.165) is 29.8 Å². The number of piperidine rings is 1. The Morgan fingerprint density at radius 1 is 1.08 bits per heavy atom. The van der Waals surface area contributed by atoms with Crippen LogP contribution in [0.5, 0.6) is 0 Å². The van der Waals surface area contributed by atoms with Gasteiger partial charge in [0.05, 0.1) is 0 Å². The fourth-order valence-electron chi connectivity index (χ4n) is 3.95. The third kappa shape index (κ3) is 3.85. The van der Waals surface area contributed by atoms with E-state index < -0.39 is 0 Å². The lowest BCUT2D eigenvalue weighted by Gasteiger charge is -2.46. The van der Waals surface area contributed by atoms with Crippen LogP contribution in [0.25, 0.3) is 11.1 Å². The van der Waals surface area contributed by atoms with Crippen molar-refractivity contribution in [1.29, 1.82) is 0 Å². The molecule has 2 aromatic rings. The van der Waals surface area contributed by atoms with Crippen molar-refractivity contribution in [2.24, 2.45) is 0 Å². The van der Waals surface area contributed by atoms with E-state index >= 15 is 0 Å². The lowest BCUT2D eigenvalue weighted by molar-refractivity contribution is 0.170. The Morgan fingerprint density at radius 2 is 1.71 bits per heavy atom. The van der Waals surface area contributed by atoms with Crippen molar-refractivity contribution < 1.29 is 0 Å². The fourth-order valence-corrected chi connectivity index (χ4v) is 3.95. The van der Waals surface area contributed by atoms with Gasteiger partial charge in [-0.2, -0.15) is 4.98 Å². The van der Waals surface area contributed by atoms with Gasteiger partial charge in [0.1, 0.15) is 5.82 Å². The van der Waals surface area contributed by atoms with Gasteiger partial charge in [-0.1, -0.05) is 30.3 Å². The van der Waals surface area contributed by atoms with E-state index in [1.807, 2.05) is 18.2 Å². The molecule has 3 rings (SSSR count). The first-order valence-corrected chi connectivity index (χ1v) is 8.48. The molecule has 1 aliphatic rings. The van der Waals surface area contributed by atoms with E-state index in [0.29, 0.717) is 12.0 Å². The predicted octanol–water partition coefficient (Wildman–Crippen LogP) is 3.45. The highest BCUT2D eigenvalue weighted by Crippen LogP contribution is 2.33. The number of nitrogens with one attached hydrogen (secondary N) is 2. The normalized spacial score (nSPS) is 19.8. The summed E-state index contributed by atoms with van der Waals surface area (Å²) in [6, 6.07) is 10.5. The number of hydrogen-bond donors (Lipinski definition) is 3. The van der Waals surface area contributed by atoms with E-state index in [4.69, 9.17) is 5.73 Å². The molecular formula is C19H27N5. The first kappa shape index (κ1) is 16.7. The minimum atomic E-state index is 0.0743. The van der Waals surface area contributed by atoms with E-state index in [2.05, 4.69) is 60.4 Å². The van der Waals surface area contributed by atoms with Gasteiger partial charge in [0.25, 0.3) is 0 Å². The lowest BCUT2D eigenvalue weighted by Crippen LogP contribution is -2.60. The van der Waals surface area contributed by atoms with Crippen molar-refractivity contribution in [2.75, 3.05) is 11.1 Å². The van der Waals surface area contributed by atoms with Crippen molar-refractivity contribution in [3.63, 3.8) is 0 Å². The summed E-state index contributed by atoms with van der Waals surface area (Å²) < 4.78 is 0. The maximum atomic E-state index is 5.84. The summed E-state index contributed by atoms with van der Waals surface area (Å²) in [6.45, 7) is 8.98. The van der Waals surface area contributed by atoms with Gasteiger partial charge in [0.15, 0.2) is 0 Å². The first-order valence-electron chi connectivity index (χ1n) is 8.48. The van der Waals surface area contributed by atoms with Crippen LogP contribution in [0, 0.1) is 0 Å². The fraction of sp³-hybridized carbons (Fsp3) is 0.474. The molecule has 5 nitrogen and oxygen atoms in total. The maximum Gasteiger partial charge on any atom is 0.221 e. The van der Waals surface area contributed by atoms with Crippen LogP contribution in [0.3, 0.4) is 0 Å². The monoisotopic (exact) mass is 325 g/mol.